The van der Waals surface area contributed by atoms with Crippen molar-refractivity contribution < 1.29 is 36.5 Å². The van der Waals surface area contributed by atoms with Crippen molar-refractivity contribution in [3.05, 3.63) is 24.3 Å². The lowest BCUT2D eigenvalue weighted by atomic mass is 10.4. The van der Waals surface area contributed by atoms with E-state index in [0.29, 0.717) is 30.2 Å². The highest BCUT2D eigenvalue weighted by Gasteiger charge is 2.49. The maximum atomic E-state index is 11.6. The first-order chi connectivity index (χ1) is 15.1. The van der Waals surface area contributed by atoms with Crippen molar-refractivity contribution in [3.8, 4) is 0 Å². The first-order valence-corrected chi connectivity index (χ1v) is 23.7. The van der Waals surface area contributed by atoms with Crippen molar-refractivity contribution >= 4 is 45.7 Å². The van der Waals surface area contributed by atoms with Gasteiger partial charge in [-0.2, -0.15) is 0 Å². The normalized spacial score (nSPS) is 12.4. The van der Waals surface area contributed by atoms with Crippen LogP contribution < -0.4 is 0 Å². The third-order valence-electron chi connectivity index (χ3n) is 3.27. The highest BCUT2D eigenvalue weighted by molar-refractivity contribution is 6.90. The summed E-state index contributed by atoms with van der Waals surface area (Å²) >= 11 is 0. The summed E-state index contributed by atoms with van der Waals surface area (Å²) in [6.45, 7) is 29.9. The molecule has 200 valence electrons. The fraction of sp³-hybridized carbons (Fsp3) is 0.727. The average Bonchev–Trinajstić information content (AvgIpc) is 2.58. The number of hydrogen-bond acceptors (Lipinski definition) is 8. The molecule has 0 radical (unpaired) electrons. The summed E-state index contributed by atoms with van der Waals surface area (Å²) in [5.74, 6) is -0.806. The molecule has 8 nitrogen and oxygen atoms in total. The van der Waals surface area contributed by atoms with Crippen molar-refractivity contribution in [2.45, 2.75) is 85.2 Å². The summed E-state index contributed by atoms with van der Waals surface area (Å²) in [6.07, 6.45) is 0.671. The fourth-order valence-corrected chi connectivity index (χ4v) is 17.1. The van der Waals surface area contributed by atoms with Crippen molar-refractivity contribution in [1.82, 2.24) is 0 Å². The number of ether oxygens (including phenoxy) is 2. The zero-order chi connectivity index (χ0) is 27.4. The Morgan fingerprint density at radius 2 is 1.00 bits per heavy atom. The van der Waals surface area contributed by atoms with E-state index in [2.05, 4.69) is 76.8 Å². The van der Waals surface area contributed by atoms with E-state index < -0.39 is 39.7 Å². The van der Waals surface area contributed by atoms with Crippen LogP contribution in [0.4, 0.5) is 0 Å². The monoisotopic (exact) mass is 552 g/mol. The quantitative estimate of drug-likeness (QED) is 0.138. The van der Waals surface area contributed by atoms with Gasteiger partial charge in [0, 0.05) is 17.2 Å². The second-order valence-electron chi connectivity index (χ2n) is 11.0. The lowest BCUT2D eigenvalue weighted by molar-refractivity contribution is -0.140. The Kier molecular flexibility index (Phi) is 15.9. The summed E-state index contributed by atoms with van der Waals surface area (Å²) in [6, 6.07) is 0.676. The van der Waals surface area contributed by atoms with E-state index in [4.69, 9.17) is 22.2 Å². The van der Waals surface area contributed by atoms with Crippen molar-refractivity contribution in [2.75, 3.05) is 19.8 Å². The van der Waals surface area contributed by atoms with Crippen molar-refractivity contribution in [3.63, 3.8) is 0 Å². The Balaban J connectivity index is 0. The Labute approximate surface area is 211 Å². The third kappa shape index (κ3) is 20.5. The molecule has 0 rings (SSSR count). The van der Waals surface area contributed by atoms with Crippen LogP contribution in [0.2, 0.25) is 65.0 Å². The van der Waals surface area contributed by atoms with Gasteiger partial charge in [-0.15, -0.1) is 0 Å². The van der Waals surface area contributed by atoms with E-state index in [1.54, 1.807) is 13.8 Å². The number of carbonyl (C=O) groups excluding carboxylic acids is 2. The number of esters is 2. The Morgan fingerprint density at radius 3 is 1.26 bits per heavy atom. The van der Waals surface area contributed by atoms with E-state index in [1.165, 1.54) is 0 Å². The minimum atomic E-state index is -2.83. The lowest BCUT2D eigenvalue weighted by Gasteiger charge is -2.42. The minimum absolute atomic E-state index is 0.0473. The van der Waals surface area contributed by atoms with Gasteiger partial charge in [0.1, 0.15) is 6.61 Å². The SMILES string of the molecule is C=C(C)C(=O)OCCC[Si](O[Si](C)(C)C)(O[Si](C)(C)C)O[Si](C)(C)C.C=C(C)C(=O)OCCO. The number of aliphatic hydroxyl groups excluding tert-OH is 1. The van der Waals surface area contributed by atoms with Gasteiger partial charge in [-0.25, -0.2) is 9.59 Å². The zero-order valence-corrected chi connectivity index (χ0v) is 27.3. The van der Waals surface area contributed by atoms with Crippen LogP contribution in [0.25, 0.3) is 0 Å². The summed E-state index contributed by atoms with van der Waals surface area (Å²) in [7, 11) is -8.40. The molecule has 0 aliphatic heterocycles. The van der Waals surface area contributed by atoms with Crippen LogP contribution in [0, 0.1) is 0 Å². The molecule has 0 heterocycles. The smallest absolute Gasteiger partial charge is 0.462 e. The molecule has 0 bridgehead atoms. The van der Waals surface area contributed by atoms with Gasteiger partial charge in [0.15, 0.2) is 25.0 Å². The van der Waals surface area contributed by atoms with E-state index in [0.717, 1.165) is 0 Å². The molecule has 0 spiro atoms. The summed E-state index contributed by atoms with van der Waals surface area (Å²) in [4.78, 5) is 22.0. The molecule has 0 atom stereocenters. The second kappa shape index (κ2) is 15.3. The molecule has 0 aliphatic carbocycles. The predicted molar refractivity (Wildman–Crippen MR) is 147 cm³/mol. The first kappa shape index (κ1) is 35.3. The molecular weight excluding hydrogens is 505 g/mol. The molecular formula is C22H48O8Si4. The van der Waals surface area contributed by atoms with E-state index in [9.17, 15) is 9.59 Å². The van der Waals surface area contributed by atoms with Gasteiger partial charge in [0.2, 0.25) is 0 Å². The van der Waals surface area contributed by atoms with Crippen LogP contribution in [-0.4, -0.2) is 70.6 Å². The van der Waals surface area contributed by atoms with Gasteiger partial charge >= 0.3 is 20.7 Å². The van der Waals surface area contributed by atoms with Crippen LogP contribution >= 0.6 is 0 Å². The van der Waals surface area contributed by atoms with E-state index in [-0.39, 0.29) is 19.2 Å². The van der Waals surface area contributed by atoms with Gasteiger partial charge in [0.05, 0.1) is 13.2 Å². The summed E-state index contributed by atoms with van der Waals surface area (Å²) in [5.41, 5.74) is 0.766. The maximum Gasteiger partial charge on any atom is 0.469 e. The molecule has 0 aromatic heterocycles. The average molecular weight is 553 g/mol. The van der Waals surface area contributed by atoms with Crippen LogP contribution in [0.5, 0.6) is 0 Å². The molecule has 0 amide bonds. The summed E-state index contributed by atoms with van der Waals surface area (Å²) < 4.78 is 29.4. The molecule has 34 heavy (non-hydrogen) atoms. The molecule has 0 aromatic rings. The Bertz CT molecular complexity index is 635. The van der Waals surface area contributed by atoms with Crippen LogP contribution in [0.1, 0.15) is 20.3 Å². The summed E-state index contributed by atoms with van der Waals surface area (Å²) in [5, 5.41) is 8.19. The highest BCUT2D eigenvalue weighted by Crippen LogP contribution is 2.29. The van der Waals surface area contributed by atoms with Crippen LogP contribution in [-0.2, 0) is 31.4 Å². The fourth-order valence-electron chi connectivity index (χ4n) is 2.45. The van der Waals surface area contributed by atoms with Crippen molar-refractivity contribution in [2.24, 2.45) is 0 Å². The number of hydrogen-bond donors (Lipinski definition) is 1. The molecule has 0 saturated carbocycles. The van der Waals surface area contributed by atoms with Gasteiger partial charge in [-0.3, -0.25) is 0 Å². The van der Waals surface area contributed by atoms with Crippen molar-refractivity contribution in [1.29, 1.82) is 0 Å². The first-order valence-electron chi connectivity index (χ1n) is 11.5. The predicted octanol–water partition coefficient (Wildman–Crippen LogP) is 5.09. The highest BCUT2D eigenvalue weighted by atomic mass is 28.5. The Morgan fingerprint density at radius 1 is 0.676 bits per heavy atom. The van der Waals surface area contributed by atoms with Gasteiger partial charge < -0.3 is 26.9 Å². The van der Waals surface area contributed by atoms with Crippen LogP contribution in [0.15, 0.2) is 24.3 Å². The van der Waals surface area contributed by atoms with Gasteiger partial charge in [-0.05, 0) is 79.2 Å². The molecule has 1 N–H and O–H groups in total. The molecule has 0 fully saturated rings. The second-order valence-corrected chi connectivity index (χ2v) is 28.0. The standard InChI is InChI=1S/C16H38O5Si4.C6H10O3/c1-15(2)16(17)18-13-12-14-25(19-22(3,4)5,20-23(6,7)8)21-24(9,10)11;1-5(2)6(8)9-4-3-7/h1,12-14H2,2-11H3;7H,1,3-4H2,2H3. The van der Waals surface area contributed by atoms with Gasteiger partial charge in [0.25, 0.3) is 0 Å². The minimum Gasteiger partial charge on any atom is -0.462 e. The Hall–Kier alpha value is -0.872. The molecule has 0 unspecified atom stereocenters. The molecule has 0 aliphatic rings. The maximum absolute atomic E-state index is 11.6. The van der Waals surface area contributed by atoms with Crippen LogP contribution in [0.3, 0.4) is 0 Å². The lowest BCUT2D eigenvalue weighted by Crippen LogP contribution is -2.60. The van der Waals surface area contributed by atoms with E-state index in [1.807, 2.05) is 0 Å². The zero-order valence-electron chi connectivity index (χ0n) is 23.3. The number of rotatable bonds is 14. The largest absolute Gasteiger partial charge is 0.469 e. The molecule has 0 aromatic carbocycles. The number of aliphatic hydroxyl groups is 1. The molecule has 12 heteroatoms. The third-order valence-corrected chi connectivity index (χ3v) is 15.3. The van der Waals surface area contributed by atoms with E-state index >= 15 is 0 Å². The van der Waals surface area contributed by atoms with Gasteiger partial charge in [-0.1, -0.05) is 13.2 Å². The topological polar surface area (TPSA) is 101 Å². The molecule has 0 saturated heterocycles. The number of carbonyl (C=O) groups is 2.